The molecule has 18 heavy (non-hydrogen) atoms. The summed E-state index contributed by atoms with van der Waals surface area (Å²) in [5, 5.41) is 2.49. The number of benzene rings is 1. The molecule has 0 saturated heterocycles. The number of ether oxygens (including phenoxy) is 1. The van der Waals surface area contributed by atoms with Gasteiger partial charge >= 0.3 is 0 Å². The number of hydrogen-bond donors (Lipinski definition) is 1. The summed E-state index contributed by atoms with van der Waals surface area (Å²) in [6.45, 7) is 0.231. The molecular weight excluding hydrogens is 264 g/mol. The molecule has 1 unspecified atom stereocenters. The van der Waals surface area contributed by atoms with Crippen LogP contribution in [0.25, 0.3) is 0 Å². The van der Waals surface area contributed by atoms with Crippen LogP contribution in [0.3, 0.4) is 0 Å². The molecule has 0 saturated carbocycles. The largest absolute Gasteiger partial charge is 0.383 e. The number of nitrogens with one attached hydrogen (secondary N) is 1. The summed E-state index contributed by atoms with van der Waals surface area (Å²) in [6.07, 6.45) is 0.456. The molecule has 0 aliphatic carbocycles. The molecule has 1 N–H and O–H groups in total. The summed E-state index contributed by atoms with van der Waals surface area (Å²) in [5.41, 5.74) is -0.590. The second kappa shape index (κ2) is 7.28. The Kier molecular flexibility index (Phi) is 6.01. The van der Waals surface area contributed by atoms with Gasteiger partial charge in [0.05, 0.1) is 12.6 Å². The van der Waals surface area contributed by atoms with Crippen LogP contribution in [0, 0.1) is 11.6 Å². The maximum absolute atomic E-state index is 13.4. The van der Waals surface area contributed by atoms with Gasteiger partial charge in [0.1, 0.15) is 17.2 Å². The summed E-state index contributed by atoms with van der Waals surface area (Å²) in [6, 6.07) is 2.89. The van der Waals surface area contributed by atoms with E-state index in [-0.39, 0.29) is 12.6 Å². The van der Waals surface area contributed by atoms with Crippen molar-refractivity contribution >= 4 is 17.5 Å². The summed E-state index contributed by atoms with van der Waals surface area (Å²) in [4.78, 5) is 11.8. The van der Waals surface area contributed by atoms with Crippen molar-refractivity contribution in [2.24, 2.45) is 0 Å². The van der Waals surface area contributed by atoms with Crippen molar-refractivity contribution in [2.45, 2.75) is 12.5 Å². The Labute approximate surface area is 109 Å². The van der Waals surface area contributed by atoms with Gasteiger partial charge in [0.15, 0.2) is 0 Å². The molecule has 0 fully saturated rings. The minimum Gasteiger partial charge on any atom is -0.383 e. The number of halogens is 3. The fourth-order valence-corrected chi connectivity index (χ4v) is 1.77. The Hall–Kier alpha value is -1.20. The number of amides is 1. The van der Waals surface area contributed by atoms with Crippen LogP contribution in [0.2, 0.25) is 0 Å². The van der Waals surface area contributed by atoms with Crippen molar-refractivity contribution < 1.29 is 18.3 Å². The molecule has 3 nitrogen and oxygen atoms in total. The minimum absolute atomic E-state index is 0.231. The monoisotopic (exact) mass is 277 g/mol. The van der Waals surface area contributed by atoms with Crippen molar-refractivity contribution in [3.8, 4) is 0 Å². The minimum atomic E-state index is -0.894. The first kappa shape index (κ1) is 14.9. The van der Waals surface area contributed by atoms with E-state index in [9.17, 15) is 13.6 Å². The molecular formula is C12H14ClF2NO2. The summed E-state index contributed by atoms with van der Waals surface area (Å²) in [7, 11) is 1.47. The van der Waals surface area contributed by atoms with Gasteiger partial charge in [0.2, 0.25) is 0 Å². The Balaban J connectivity index is 2.80. The molecule has 1 aromatic rings. The van der Waals surface area contributed by atoms with Crippen molar-refractivity contribution in [3.63, 3.8) is 0 Å². The molecule has 0 bridgehead atoms. The van der Waals surface area contributed by atoms with Crippen LogP contribution in [0.1, 0.15) is 16.8 Å². The van der Waals surface area contributed by atoms with Gasteiger partial charge in [-0.15, -0.1) is 11.6 Å². The number of alkyl halides is 1. The van der Waals surface area contributed by atoms with Gasteiger partial charge in [0.25, 0.3) is 5.91 Å². The topological polar surface area (TPSA) is 38.3 Å². The van der Waals surface area contributed by atoms with Gasteiger partial charge in [-0.05, 0) is 18.6 Å². The molecule has 0 heterocycles. The van der Waals surface area contributed by atoms with Crippen LogP contribution in [0.5, 0.6) is 0 Å². The van der Waals surface area contributed by atoms with Crippen LogP contribution in [-0.4, -0.2) is 31.5 Å². The third-order valence-corrected chi connectivity index (χ3v) is 2.57. The number of methoxy groups -OCH3 is 1. The lowest BCUT2D eigenvalue weighted by molar-refractivity contribution is 0.0887. The molecule has 1 aromatic carbocycles. The summed E-state index contributed by atoms with van der Waals surface area (Å²) >= 11 is 5.57. The zero-order chi connectivity index (χ0) is 13.5. The average molecular weight is 278 g/mol. The van der Waals surface area contributed by atoms with Crippen molar-refractivity contribution in [2.75, 3.05) is 19.6 Å². The second-order valence-electron chi connectivity index (χ2n) is 3.70. The highest BCUT2D eigenvalue weighted by molar-refractivity contribution is 6.17. The quantitative estimate of drug-likeness (QED) is 0.811. The predicted octanol–water partition coefficient (Wildman–Crippen LogP) is 2.34. The normalized spacial score (nSPS) is 12.2. The lowest BCUT2D eigenvalue weighted by Crippen LogP contribution is -2.39. The summed E-state index contributed by atoms with van der Waals surface area (Å²) in [5.74, 6) is -2.28. The van der Waals surface area contributed by atoms with E-state index in [2.05, 4.69) is 5.32 Å². The van der Waals surface area contributed by atoms with E-state index < -0.39 is 23.1 Å². The molecule has 100 valence electrons. The van der Waals surface area contributed by atoms with Crippen LogP contribution in [0.4, 0.5) is 8.78 Å². The average Bonchev–Trinajstić information content (AvgIpc) is 2.29. The molecule has 0 radical (unpaired) electrons. The fourth-order valence-electron chi connectivity index (χ4n) is 1.50. The smallest absolute Gasteiger partial charge is 0.257 e. The molecule has 0 spiro atoms. The Morgan fingerprint density at radius 1 is 1.44 bits per heavy atom. The molecule has 1 atom stereocenters. The van der Waals surface area contributed by atoms with Crippen LogP contribution in [0.15, 0.2) is 18.2 Å². The number of rotatable bonds is 6. The number of carbonyl (C=O) groups is 1. The highest BCUT2D eigenvalue weighted by atomic mass is 35.5. The van der Waals surface area contributed by atoms with E-state index in [0.29, 0.717) is 12.3 Å². The SMILES string of the molecule is COCC(CCCl)NC(=O)c1c(F)cccc1F. The van der Waals surface area contributed by atoms with E-state index in [0.717, 1.165) is 12.1 Å². The van der Waals surface area contributed by atoms with E-state index in [1.165, 1.54) is 13.2 Å². The third kappa shape index (κ3) is 3.92. The molecule has 0 aromatic heterocycles. The molecule has 1 rings (SSSR count). The molecule has 0 aliphatic rings. The first-order valence-electron chi connectivity index (χ1n) is 5.40. The predicted molar refractivity (Wildman–Crippen MR) is 64.8 cm³/mol. The lowest BCUT2D eigenvalue weighted by Gasteiger charge is -2.17. The van der Waals surface area contributed by atoms with Crippen molar-refractivity contribution in [1.82, 2.24) is 5.32 Å². The number of hydrogen-bond acceptors (Lipinski definition) is 2. The van der Waals surface area contributed by atoms with Gasteiger partial charge in [0, 0.05) is 13.0 Å². The highest BCUT2D eigenvalue weighted by Gasteiger charge is 2.19. The van der Waals surface area contributed by atoms with Gasteiger partial charge in [-0.2, -0.15) is 0 Å². The Morgan fingerprint density at radius 3 is 2.56 bits per heavy atom. The first-order chi connectivity index (χ1) is 8.60. The van der Waals surface area contributed by atoms with E-state index in [1.54, 1.807) is 0 Å². The Morgan fingerprint density at radius 2 is 2.06 bits per heavy atom. The van der Waals surface area contributed by atoms with Crippen molar-refractivity contribution in [1.29, 1.82) is 0 Å². The summed E-state index contributed by atoms with van der Waals surface area (Å²) < 4.78 is 31.6. The lowest BCUT2D eigenvalue weighted by atomic mass is 10.1. The molecule has 1 amide bonds. The maximum Gasteiger partial charge on any atom is 0.257 e. The molecule has 0 aliphatic heterocycles. The zero-order valence-corrected chi connectivity index (χ0v) is 10.6. The van der Waals surface area contributed by atoms with Crippen molar-refractivity contribution in [3.05, 3.63) is 35.4 Å². The van der Waals surface area contributed by atoms with Crippen LogP contribution < -0.4 is 5.32 Å². The molecule has 6 heteroatoms. The van der Waals surface area contributed by atoms with Gasteiger partial charge in [-0.25, -0.2) is 8.78 Å². The van der Waals surface area contributed by atoms with Gasteiger partial charge in [-0.1, -0.05) is 6.07 Å². The van der Waals surface area contributed by atoms with Gasteiger partial charge < -0.3 is 10.1 Å². The van der Waals surface area contributed by atoms with E-state index in [4.69, 9.17) is 16.3 Å². The standard InChI is InChI=1S/C12H14ClF2NO2/c1-18-7-8(5-6-13)16-12(17)11-9(14)3-2-4-10(11)15/h2-4,8H,5-7H2,1H3,(H,16,17). The maximum atomic E-state index is 13.4. The van der Waals surface area contributed by atoms with Gasteiger partial charge in [-0.3, -0.25) is 4.79 Å². The van der Waals surface area contributed by atoms with Crippen LogP contribution >= 0.6 is 11.6 Å². The first-order valence-corrected chi connectivity index (χ1v) is 5.93. The van der Waals surface area contributed by atoms with Crippen LogP contribution in [-0.2, 0) is 4.74 Å². The second-order valence-corrected chi connectivity index (χ2v) is 4.08. The van der Waals surface area contributed by atoms with E-state index >= 15 is 0 Å². The Bertz CT molecular complexity index is 389. The fraction of sp³-hybridized carbons (Fsp3) is 0.417. The third-order valence-electron chi connectivity index (χ3n) is 2.35. The number of carbonyl (C=O) groups excluding carboxylic acids is 1. The van der Waals surface area contributed by atoms with E-state index in [1.807, 2.05) is 0 Å². The zero-order valence-electron chi connectivity index (χ0n) is 9.88. The highest BCUT2D eigenvalue weighted by Crippen LogP contribution is 2.12.